The Morgan fingerprint density at radius 2 is 1.61 bits per heavy atom. The standard InChI is InChI=1S/C17H12N6O7S/c24-16(20-17-18-6-3-7-19-17)11-8-12(22(25)26)10-13(9-11)31(29,30)21-14-4-1-2-5-15(14)23(27)28/h1-10,21H,(H,18,19,20,24). The molecule has 0 unspecified atom stereocenters. The van der Waals surface area contributed by atoms with E-state index in [-0.39, 0.29) is 17.2 Å². The lowest BCUT2D eigenvalue weighted by atomic mass is 10.2. The molecule has 0 radical (unpaired) electrons. The highest BCUT2D eigenvalue weighted by atomic mass is 32.2. The van der Waals surface area contributed by atoms with Crippen LogP contribution >= 0.6 is 0 Å². The van der Waals surface area contributed by atoms with Gasteiger partial charge in [-0.1, -0.05) is 12.1 Å². The van der Waals surface area contributed by atoms with Crippen molar-refractivity contribution >= 4 is 38.9 Å². The Hall–Kier alpha value is -4.46. The van der Waals surface area contributed by atoms with Gasteiger partial charge in [0, 0.05) is 36.2 Å². The third-order valence-electron chi connectivity index (χ3n) is 3.81. The zero-order valence-electron chi connectivity index (χ0n) is 15.3. The molecule has 31 heavy (non-hydrogen) atoms. The molecule has 1 aromatic heterocycles. The molecule has 0 bridgehead atoms. The zero-order valence-corrected chi connectivity index (χ0v) is 16.1. The van der Waals surface area contributed by atoms with Gasteiger partial charge in [0.05, 0.1) is 14.7 Å². The number of nitro benzene ring substituents is 2. The van der Waals surface area contributed by atoms with Gasteiger partial charge in [0.25, 0.3) is 27.3 Å². The normalized spacial score (nSPS) is 10.8. The molecular weight excluding hydrogens is 432 g/mol. The van der Waals surface area contributed by atoms with Gasteiger partial charge >= 0.3 is 0 Å². The topological polar surface area (TPSA) is 187 Å². The zero-order chi connectivity index (χ0) is 22.6. The minimum atomic E-state index is -4.52. The molecule has 13 nitrogen and oxygen atoms in total. The summed E-state index contributed by atoms with van der Waals surface area (Å²) in [6.45, 7) is 0. The van der Waals surface area contributed by atoms with Gasteiger partial charge in [0.1, 0.15) is 5.69 Å². The molecule has 0 atom stereocenters. The van der Waals surface area contributed by atoms with E-state index in [1.54, 1.807) is 0 Å². The van der Waals surface area contributed by atoms with Crippen LogP contribution in [0.2, 0.25) is 0 Å². The van der Waals surface area contributed by atoms with Crippen LogP contribution in [-0.4, -0.2) is 34.1 Å². The lowest BCUT2D eigenvalue weighted by Gasteiger charge is -2.10. The highest BCUT2D eigenvalue weighted by molar-refractivity contribution is 7.92. The van der Waals surface area contributed by atoms with Crippen molar-refractivity contribution in [3.05, 3.63) is 86.7 Å². The second-order valence-corrected chi connectivity index (χ2v) is 7.56. The molecule has 1 amide bonds. The summed E-state index contributed by atoms with van der Waals surface area (Å²) in [7, 11) is -4.52. The fraction of sp³-hybridized carbons (Fsp3) is 0. The average Bonchev–Trinajstić information content (AvgIpc) is 2.74. The monoisotopic (exact) mass is 444 g/mol. The molecule has 0 saturated heterocycles. The number of hydrogen-bond donors (Lipinski definition) is 2. The first kappa shape index (κ1) is 21.3. The number of hydrogen-bond acceptors (Lipinski definition) is 9. The number of nitrogens with one attached hydrogen (secondary N) is 2. The predicted molar refractivity (Wildman–Crippen MR) is 107 cm³/mol. The molecule has 0 aliphatic carbocycles. The molecule has 1 heterocycles. The first-order valence-corrected chi connectivity index (χ1v) is 9.80. The number of carbonyl (C=O) groups excluding carboxylic acids is 1. The summed E-state index contributed by atoms with van der Waals surface area (Å²) >= 11 is 0. The molecule has 2 aromatic carbocycles. The van der Waals surface area contributed by atoms with Gasteiger partial charge in [0.2, 0.25) is 5.95 Å². The highest BCUT2D eigenvalue weighted by Crippen LogP contribution is 2.28. The summed E-state index contributed by atoms with van der Waals surface area (Å²) in [6, 6.07) is 8.96. The molecule has 0 aliphatic rings. The Labute approximate surface area is 174 Å². The highest BCUT2D eigenvalue weighted by Gasteiger charge is 2.25. The smallest absolute Gasteiger partial charge is 0.290 e. The van der Waals surface area contributed by atoms with Crippen molar-refractivity contribution in [1.82, 2.24) is 9.97 Å². The van der Waals surface area contributed by atoms with E-state index in [0.717, 1.165) is 30.3 Å². The van der Waals surface area contributed by atoms with Crippen LogP contribution in [0.5, 0.6) is 0 Å². The number of carbonyl (C=O) groups is 1. The number of sulfonamides is 1. The fourth-order valence-electron chi connectivity index (χ4n) is 2.44. The lowest BCUT2D eigenvalue weighted by Crippen LogP contribution is -2.18. The summed E-state index contributed by atoms with van der Waals surface area (Å²) in [5.74, 6) is -0.988. The second kappa shape index (κ2) is 8.50. The first-order chi connectivity index (χ1) is 14.7. The summed E-state index contributed by atoms with van der Waals surface area (Å²) in [5.41, 5.74) is -1.90. The number of non-ortho nitro benzene ring substituents is 1. The molecule has 158 valence electrons. The van der Waals surface area contributed by atoms with Gasteiger partial charge in [-0.3, -0.25) is 35.1 Å². The number of anilines is 2. The number of aromatic nitrogens is 2. The molecular formula is C17H12N6O7S. The third kappa shape index (κ3) is 4.94. The summed E-state index contributed by atoms with van der Waals surface area (Å²) in [4.78, 5) is 40.1. The molecule has 0 fully saturated rings. The molecule has 3 rings (SSSR count). The Morgan fingerprint density at radius 3 is 2.26 bits per heavy atom. The van der Waals surface area contributed by atoms with Crippen molar-refractivity contribution in [2.45, 2.75) is 4.90 Å². The molecule has 0 saturated carbocycles. The van der Waals surface area contributed by atoms with Crippen LogP contribution in [0.1, 0.15) is 10.4 Å². The SMILES string of the molecule is O=C(Nc1ncccn1)c1cc([N+](=O)[O-])cc(S(=O)(=O)Nc2ccccc2[N+](=O)[O-])c1. The van der Waals surface area contributed by atoms with Crippen molar-refractivity contribution in [2.24, 2.45) is 0 Å². The lowest BCUT2D eigenvalue weighted by molar-refractivity contribution is -0.385. The minimum absolute atomic E-state index is 0.0959. The van der Waals surface area contributed by atoms with Crippen LogP contribution in [0, 0.1) is 20.2 Å². The van der Waals surface area contributed by atoms with Crippen molar-refractivity contribution in [3.8, 4) is 0 Å². The maximum absolute atomic E-state index is 12.8. The van der Waals surface area contributed by atoms with Crippen molar-refractivity contribution in [1.29, 1.82) is 0 Å². The molecule has 14 heteroatoms. The predicted octanol–water partition coefficient (Wildman–Crippen LogP) is 2.35. The van der Waals surface area contributed by atoms with E-state index >= 15 is 0 Å². The Kier molecular flexibility index (Phi) is 5.83. The van der Waals surface area contributed by atoms with E-state index in [1.807, 2.05) is 4.72 Å². The third-order valence-corrected chi connectivity index (χ3v) is 5.16. The van der Waals surface area contributed by atoms with Crippen LogP contribution in [0.25, 0.3) is 0 Å². The van der Waals surface area contributed by atoms with Crippen LogP contribution in [-0.2, 0) is 10.0 Å². The van der Waals surface area contributed by atoms with E-state index in [0.29, 0.717) is 0 Å². The maximum Gasteiger partial charge on any atom is 0.293 e. The molecule has 0 spiro atoms. The van der Waals surface area contributed by atoms with Crippen molar-refractivity contribution in [3.63, 3.8) is 0 Å². The van der Waals surface area contributed by atoms with Crippen LogP contribution in [0.4, 0.5) is 23.0 Å². The number of nitrogens with zero attached hydrogens (tertiary/aromatic N) is 4. The Morgan fingerprint density at radius 1 is 0.935 bits per heavy atom. The van der Waals surface area contributed by atoms with Crippen molar-refractivity contribution < 1.29 is 23.1 Å². The van der Waals surface area contributed by atoms with E-state index in [2.05, 4.69) is 15.3 Å². The average molecular weight is 444 g/mol. The quantitative estimate of drug-likeness (QED) is 0.407. The van der Waals surface area contributed by atoms with Gasteiger partial charge < -0.3 is 0 Å². The van der Waals surface area contributed by atoms with Gasteiger partial charge in [-0.05, 0) is 18.2 Å². The van der Waals surface area contributed by atoms with Crippen LogP contribution in [0.15, 0.2) is 65.8 Å². The van der Waals surface area contributed by atoms with E-state index in [4.69, 9.17) is 0 Å². The number of para-hydroxylation sites is 2. The molecule has 2 N–H and O–H groups in total. The second-order valence-electron chi connectivity index (χ2n) is 5.88. The number of benzene rings is 2. The van der Waals surface area contributed by atoms with E-state index in [1.165, 1.54) is 30.6 Å². The maximum atomic E-state index is 12.8. The number of amides is 1. The summed E-state index contributed by atoms with van der Waals surface area (Å²) < 4.78 is 27.6. The van der Waals surface area contributed by atoms with Gasteiger partial charge in [-0.2, -0.15) is 0 Å². The summed E-state index contributed by atoms with van der Waals surface area (Å²) in [5, 5.41) is 24.7. The van der Waals surface area contributed by atoms with Crippen LogP contribution < -0.4 is 10.0 Å². The number of rotatable bonds is 7. The molecule has 0 aliphatic heterocycles. The van der Waals surface area contributed by atoms with E-state index < -0.39 is 42.0 Å². The van der Waals surface area contributed by atoms with Gasteiger partial charge in [-0.15, -0.1) is 0 Å². The Bertz CT molecular complexity index is 1280. The van der Waals surface area contributed by atoms with Crippen LogP contribution in [0.3, 0.4) is 0 Å². The first-order valence-electron chi connectivity index (χ1n) is 8.31. The summed E-state index contributed by atoms with van der Waals surface area (Å²) in [6.07, 6.45) is 2.70. The van der Waals surface area contributed by atoms with Gasteiger partial charge in [0.15, 0.2) is 0 Å². The Balaban J connectivity index is 2.01. The molecule has 3 aromatic rings. The van der Waals surface area contributed by atoms with E-state index in [9.17, 15) is 33.4 Å². The number of nitro groups is 2. The fourth-order valence-corrected chi connectivity index (χ4v) is 3.57. The largest absolute Gasteiger partial charge is 0.293 e. The van der Waals surface area contributed by atoms with Crippen molar-refractivity contribution in [2.75, 3.05) is 10.0 Å². The minimum Gasteiger partial charge on any atom is -0.290 e. The van der Waals surface area contributed by atoms with Gasteiger partial charge in [-0.25, -0.2) is 18.4 Å².